The number of rotatable bonds is 7. The molecule has 2 rings (SSSR count). The summed E-state index contributed by atoms with van der Waals surface area (Å²) in [6, 6.07) is 7.67. The van der Waals surface area contributed by atoms with Crippen molar-refractivity contribution >= 4 is 11.8 Å². The highest BCUT2D eigenvalue weighted by Crippen LogP contribution is 2.24. The van der Waals surface area contributed by atoms with E-state index in [1.54, 1.807) is 19.1 Å². The van der Waals surface area contributed by atoms with Gasteiger partial charge in [0.1, 0.15) is 5.75 Å². The van der Waals surface area contributed by atoms with Crippen molar-refractivity contribution in [2.24, 2.45) is 17.6 Å². The summed E-state index contributed by atoms with van der Waals surface area (Å²) < 4.78 is 10.2. The average molecular weight is 320 g/mol. The number of likely N-dealkylation sites (tertiary alicyclic amines) is 1. The maximum atomic E-state index is 12.4. The Morgan fingerprint density at radius 1 is 1.22 bits per heavy atom. The van der Waals surface area contributed by atoms with Crippen molar-refractivity contribution in [3.8, 4) is 5.75 Å². The molecule has 0 radical (unpaired) electrons. The molecule has 2 unspecified atom stereocenters. The van der Waals surface area contributed by atoms with Crippen LogP contribution in [0, 0.1) is 11.8 Å². The third kappa shape index (κ3) is 4.45. The van der Waals surface area contributed by atoms with Crippen LogP contribution >= 0.6 is 0 Å². The molecule has 0 spiro atoms. The zero-order valence-electron chi connectivity index (χ0n) is 13.7. The van der Waals surface area contributed by atoms with Gasteiger partial charge in [0.2, 0.25) is 11.8 Å². The largest absolute Gasteiger partial charge is 0.497 e. The zero-order chi connectivity index (χ0) is 16.8. The molecule has 126 valence electrons. The molecule has 0 saturated carbocycles. The van der Waals surface area contributed by atoms with Gasteiger partial charge in [-0.05, 0) is 24.1 Å². The van der Waals surface area contributed by atoms with Crippen LogP contribution in [0.4, 0.5) is 0 Å². The van der Waals surface area contributed by atoms with Crippen molar-refractivity contribution in [1.82, 2.24) is 4.90 Å². The molecule has 23 heavy (non-hydrogen) atoms. The minimum Gasteiger partial charge on any atom is -0.497 e. The van der Waals surface area contributed by atoms with Crippen LogP contribution in [-0.4, -0.2) is 50.6 Å². The molecule has 1 heterocycles. The van der Waals surface area contributed by atoms with Gasteiger partial charge in [-0.2, -0.15) is 0 Å². The van der Waals surface area contributed by atoms with Crippen molar-refractivity contribution in [2.75, 3.05) is 33.9 Å². The number of nitrogens with zero attached hydrogens (tertiary/aromatic N) is 1. The van der Waals surface area contributed by atoms with Crippen molar-refractivity contribution in [2.45, 2.75) is 12.8 Å². The molecular weight excluding hydrogens is 296 g/mol. The first-order valence-electron chi connectivity index (χ1n) is 7.74. The molecule has 2 atom stereocenters. The topological polar surface area (TPSA) is 81.9 Å². The van der Waals surface area contributed by atoms with E-state index >= 15 is 0 Å². The van der Waals surface area contributed by atoms with Crippen LogP contribution < -0.4 is 10.5 Å². The van der Waals surface area contributed by atoms with Crippen molar-refractivity contribution in [3.05, 3.63) is 29.8 Å². The summed E-state index contributed by atoms with van der Waals surface area (Å²) in [6.07, 6.45) is 1.08. The quantitative estimate of drug-likeness (QED) is 0.807. The highest BCUT2D eigenvalue weighted by atomic mass is 16.5. The monoisotopic (exact) mass is 320 g/mol. The van der Waals surface area contributed by atoms with Crippen LogP contribution in [0.15, 0.2) is 24.3 Å². The van der Waals surface area contributed by atoms with Gasteiger partial charge in [0, 0.05) is 32.5 Å². The molecule has 1 aliphatic rings. The lowest BCUT2D eigenvalue weighted by Crippen LogP contribution is -2.32. The van der Waals surface area contributed by atoms with E-state index in [-0.39, 0.29) is 23.7 Å². The molecule has 1 aromatic carbocycles. The number of hydrogen-bond acceptors (Lipinski definition) is 4. The predicted molar refractivity (Wildman–Crippen MR) is 85.9 cm³/mol. The van der Waals surface area contributed by atoms with Crippen LogP contribution in [0.3, 0.4) is 0 Å². The second kappa shape index (κ2) is 7.97. The number of nitrogens with two attached hydrogens (primary N) is 1. The highest BCUT2D eigenvalue weighted by Gasteiger charge is 2.38. The summed E-state index contributed by atoms with van der Waals surface area (Å²) in [7, 11) is 3.21. The lowest BCUT2D eigenvalue weighted by molar-refractivity contribution is -0.130. The highest BCUT2D eigenvalue weighted by molar-refractivity contribution is 5.81. The van der Waals surface area contributed by atoms with Crippen molar-refractivity contribution < 1.29 is 19.1 Å². The van der Waals surface area contributed by atoms with E-state index in [1.807, 2.05) is 24.3 Å². The molecule has 0 aliphatic carbocycles. The second-order valence-electron chi connectivity index (χ2n) is 5.87. The normalized spacial score (nSPS) is 20.5. The molecule has 2 amide bonds. The first kappa shape index (κ1) is 17.3. The minimum absolute atomic E-state index is 0.0116. The van der Waals surface area contributed by atoms with Gasteiger partial charge in [-0.1, -0.05) is 12.1 Å². The molecule has 6 heteroatoms. The number of amides is 2. The summed E-state index contributed by atoms with van der Waals surface area (Å²) in [5.41, 5.74) is 6.51. The summed E-state index contributed by atoms with van der Waals surface area (Å²) in [5.74, 6) is 0.150. The van der Waals surface area contributed by atoms with E-state index in [0.717, 1.165) is 11.3 Å². The van der Waals surface area contributed by atoms with Gasteiger partial charge in [0.25, 0.3) is 0 Å². The Bertz CT molecular complexity index is 544. The van der Waals surface area contributed by atoms with E-state index in [0.29, 0.717) is 32.5 Å². The first-order chi connectivity index (χ1) is 11.0. The Kier molecular flexibility index (Phi) is 5.98. The number of primary amides is 1. The van der Waals surface area contributed by atoms with E-state index in [1.165, 1.54) is 0 Å². The summed E-state index contributed by atoms with van der Waals surface area (Å²) in [4.78, 5) is 25.6. The predicted octanol–water partition coefficient (Wildman–Crippen LogP) is 0.834. The van der Waals surface area contributed by atoms with E-state index in [9.17, 15) is 9.59 Å². The molecule has 1 fully saturated rings. The molecular formula is C17H24N2O4. The number of carbonyl (C=O) groups excluding carboxylic acids is 2. The van der Waals surface area contributed by atoms with Crippen LogP contribution in [0.2, 0.25) is 0 Å². The number of hydrogen-bond donors (Lipinski definition) is 1. The summed E-state index contributed by atoms with van der Waals surface area (Å²) >= 11 is 0. The number of methoxy groups -OCH3 is 2. The number of ether oxygens (including phenoxy) is 2. The Balaban J connectivity index is 1.89. The third-order valence-corrected chi connectivity index (χ3v) is 4.33. The fourth-order valence-electron chi connectivity index (χ4n) is 2.98. The number of aryl methyl sites for hydroxylation is 1. The average Bonchev–Trinajstić information content (AvgIpc) is 2.98. The minimum atomic E-state index is -0.363. The van der Waals surface area contributed by atoms with Crippen LogP contribution in [0.1, 0.15) is 12.0 Å². The van der Waals surface area contributed by atoms with Crippen molar-refractivity contribution in [1.29, 1.82) is 0 Å². The van der Waals surface area contributed by atoms with Gasteiger partial charge in [-0.3, -0.25) is 9.59 Å². The number of benzene rings is 1. The van der Waals surface area contributed by atoms with Crippen LogP contribution in [-0.2, 0) is 20.7 Å². The Morgan fingerprint density at radius 3 is 2.48 bits per heavy atom. The Morgan fingerprint density at radius 2 is 1.91 bits per heavy atom. The molecule has 6 nitrogen and oxygen atoms in total. The second-order valence-corrected chi connectivity index (χ2v) is 5.87. The van der Waals surface area contributed by atoms with E-state index in [2.05, 4.69) is 0 Å². The van der Waals surface area contributed by atoms with Gasteiger partial charge < -0.3 is 20.1 Å². The van der Waals surface area contributed by atoms with Gasteiger partial charge in [0.05, 0.1) is 19.6 Å². The van der Waals surface area contributed by atoms with Crippen molar-refractivity contribution in [3.63, 3.8) is 0 Å². The molecule has 1 aliphatic heterocycles. The molecule has 2 N–H and O–H groups in total. The fourth-order valence-corrected chi connectivity index (χ4v) is 2.98. The summed E-state index contributed by atoms with van der Waals surface area (Å²) in [6.45, 7) is 1.36. The van der Waals surface area contributed by atoms with Gasteiger partial charge in [-0.25, -0.2) is 0 Å². The van der Waals surface area contributed by atoms with Gasteiger partial charge in [-0.15, -0.1) is 0 Å². The Hall–Kier alpha value is -2.08. The standard InChI is InChI=1S/C17H24N2O4/c1-22-11-13-9-19(10-15(13)17(18)21)16(20)8-5-12-3-6-14(23-2)7-4-12/h3-4,6-7,13,15H,5,8-11H2,1-2H3,(H2,18,21). The molecule has 0 aromatic heterocycles. The maximum absolute atomic E-state index is 12.4. The number of carbonyl (C=O) groups is 2. The molecule has 1 saturated heterocycles. The smallest absolute Gasteiger partial charge is 0.222 e. The summed E-state index contributed by atoms with van der Waals surface area (Å²) in [5, 5.41) is 0. The van der Waals surface area contributed by atoms with Gasteiger partial charge in [0.15, 0.2) is 0 Å². The van der Waals surface area contributed by atoms with Crippen LogP contribution in [0.5, 0.6) is 5.75 Å². The van der Waals surface area contributed by atoms with E-state index < -0.39 is 0 Å². The van der Waals surface area contributed by atoms with E-state index in [4.69, 9.17) is 15.2 Å². The first-order valence-corrected chi connectivity index (χ1v) is 7.74. The SMILES string of the molecule is COCC1CN(C(=O)CCc2ccc(OC)cc2)CC1C(N)=O. The lowest BCUT2D eigenvalue weighted by atomic mass is 9.96. The van der Waals surface area contributed by atoms with Gasteiger partial charge >= 0.3 is 0 Å². The van der Waals surface area contributed by atoms with Crippen LogP contribution in [0.25, 0.3) is 0 Å². The molecule has 1 aromatic rings. The lowest BCUT2D eigenvalue weighted by Gasteiger charge is -2.16. The Labute approximate surface area is 136 Å². The third-order valence-electron chi connectivity index (χ3n) is 4.33. The zero-order valence-corrected chi connectivity index (χ0v) is 13.7. The molecule has 0 bridgehead atoms. The maximum Gasteiger partial charge on any atom is 0.222 e. The fraction of sp³-hybridized carbons (Fsp3) is 0.529.